The number of nitrogens with one attached hydrogen (secondary N) is 1. The first-order valence-electron chi connectivity index (χ1n) is 6.47. The van der Waals surface area contributed by atoms with Gasteiger partial charge in [0.2, 0.25) is 0 Å². The molecule has 1 aromatic rings. The lowest BCUT2D eigenvalue weighted by atomic mass is 9.95. The van der Waals surface area contributed by atoms with Crippen LogP contribution in [0.5, 0.6) is 0 Å². The number of benzene rings is 1. The van der Waals surface area contributed by atoms with Gasteiger partial charge in [-0.1, -0.05) is 19.9 Å². The second kappa shape index (κ2) is 5.29. The van der Waals surface area contributed by atoms with Crippen LogP contribution in [0, 0.1) is 11.8 Å². The summed E-state index contributed by atoms with van der Waals surface area (Å²) >= 11 is 0. The van der Waals surface area contributed by atoms with Crippen LogP contribution in [-0.2, 0) is 0 Å². The van der Waals surface area contributed by atoms with Crippen molar-refractivity contribution in [2.45, 2.75) is 20.3 Å². The van der Waals surface area contributed by atoms with E-state index < -0.39 is 0 Å². The molecule has 1 fully saturated rings. The maximum Gasteiger partial charge on any atom is 0.321 e. The van der Waals surface area contributed by atoms with Gasteiger partial charge in [0.05, 0.1) is 0 Å². The molecule has 1 saturated heterocycles. The van der Waals surface area contributed by atoms with E-state index in [0.29, 0.717) is 17.5 Å². The highest BCUT2D eigenvalue weighted by atomic mass is 16.2. The number of hydrogen-bond donors (Lipinski definition) is 2. The van der Waals surface area contributed by atoms with E-state index in [1.54, 1.807) is 12.1 Å². The van der Waals surface area contributed by atoms with E-state index in [1.807, 2.05) is 17.0 Å². The first kappa shape index (κ1) is 12.7. The molecule has 0 spiro atoms. The van der Waals surface area contributed by atoms with Gasteiger partial charge in [0.25, 0.3) is 0 Å². The van der Waals surface area contributed by atoms with Crippen LogP contribution in [0.3, 0.4) is 0 Å². The number of hydrogen-bond acceptors (Lipinski definition) is 2. The van der Waals surface area contributed by atoms with E-state index in [1.165, 1.54) is 0 Å². The molecule has 1 aliphatic rings. The summed E-state index contributed by atoms with van der Waals surface area (Å²) in [5.41, 5.74) is 7.10. The summed E-state index contributed by atoms with van der Waals surface area (Å²) in [6.45, 7) is 6.12. The summed E-state index contributed by atoms with van der Waals surface area (Å²) in [6, 6.07) is 7.24. The average Bonchev–Trinajstić information content (AvgIpc) is 2.78. The zero-order valence-electron chi connectivity index (χ0n) is 11.0. The second-order valence-electron chi connectivity index (χ2n) is 5.29. The maximum absolute atomic E-state index is 12.1. The molecule has 0 saturated carbocycles. The fourth-order valence-electron chi connectivity index (χ4n) is 2.33. The minimum absolute atomic E-state index is 0.0243. The van der Waals surface area contributed by atoms with Crippen LogP contribution in [0.1, 0.15) is 20.3 Å². The first-order chi connectivity index (χ1) is 8.56. The Morgan fingerprint density at radius 2 is 2.28 bits per heavy atom. The SMILES string of the molecule is CC(C)C1CCN(C(=O)Nc2cccc(N)c2)C1. The molecule has 0 radical (unpaired) electrons. The lowest BCUT2D eigenvalue weighted by molar-refractivity contribution is 0.219. The summed E-state index contributed by atoms with van der Waals surface area (Å²) in [7, 11) is 0. The minimum atomic E-state index is -0.0243. The lowest BCUT2D eigenvalue weighted by Gasteiger charge is -2.18. The van der Waals surface area contributed by atoms with Gasteiger partial charge < -0.3 is 16.0 Å². The quantitative estimate of drug-likeness (QED) is 0.789. The smallest absolute Gasteiger partial charge is 0.321 e. The highest BCUT2D eigenvalue weighted by molar-refractivity contribution is 5.90. The standard InChI is InChI=1S/C14H21N3O/c1-10(2)11-6-7-17(9-11)14(18)16-13-5-3-4-12(15)8-13/h3-5,8,10-11H,6-7,9,15H2,1-2H3,(H,16,18). The first-order valence-corrected chi connectivity index (χ1v) is 6.47. The number of nitrogen functional groups attached to an aromatic ring is 1. The van der Waals surface area contributed by atoms with Crippen molar-refractivity contribution in [2.75, 3.05) is 24.1 Å². The van der Waals surface area contributed by atoms with Gasteiger partial charge in [-0.3, -0.25) is 0 Å². The van der Waals surface area contributed by atoms with Crippen molar-refractivity contribution in [3.63, 3.8) is 0 Å². The van der Waals surface area contributed by atoms with Crippen molar-refractivity contribution in [1.29, 1.82) is 0 Å². The maximum atomic E-state index is 12.1. The van der Waals surface area contributed by atoms with E-state index in [2.05, 4.69) is 19.2 Å². The molecule has 1 atom stereocenters. The molecule has 1 heterocycles. The van der Waals surface area contributed by atoms with Crippen LogP contribution in [0.4, 0.5) is 16.2 Å². The highest BCUT2D eigenvalue weighted by Gasteiger charge is 2.27. The Morgan fingerprint density at radius 3 is 2.89 bits per heavy atom. The van der Waals surface area contributed by atoms with Gasteiger partial charge in [-0.25, -0.2) is 4.79 Å². The molecule has 0 bridgehead atoms. The third-order valence-corrected chi connectivity index (χ3v) is 3.59. The predicted octanol–water partition coefficient (Wildman–Crippen LogP) is 2.78. The summed E-state index contributed by atoms with van der Waals surface area (Å²) in [5.74, 6) is 1.26. The molecule has 0 aromatic heterocycles. The van der Waals surface area contributed by atoms with Gasteiger partial charge in [-0.2, -0.15) is 0 Å². The third kappa shape index (κ3) is 2.94. The van der Waals surface area contributed by atoms with Crippen molar-refractivity contribution >= 4 is 17.4 Å². The molecule has 2 amide bonds. The molecular formula is C14H21N3O. The second-order valence-corrected chi connectivity index (χ2v) is 5.29. The molecule has 18 heavy (non-hydrogen) atoms. The predicted molar refractivity (Wildman–Crippen MR) is 74.4 cm³/mol. The van der Waals surface area contributed by atoms with Crippen molar-refractivity contribution < 1.29 is 4.79 Å². The third-order valence-electron chi connectivity index (χ3n) is 3.59. The number of likely N-dealkylation sites (tertiary alicyclic amines) is 1. The van der Waals surface area contributed by atoms with Gasteiger partial charge in [0.15, 0.2) is 0 Å². The largest absolute Gasteiger partial charge is 0.399 e. The van der Waals surface area contributed by atoms with E-state index in [0.717, 1.165) is 25.2 Å². The Hall–Kier alpha value is -1.71. The molecule has 3 N–H and O–H groups in total. The average molecular weight is 247 g/mol. The molecular weight excluding hydrogens is 226 g/mol. The van der Waals surface area contributed by atoms with Gasteiger partial charge in [0, 0.05) is 24.5 Å². The van der Waals surface area contributed by atoms with E-state index in [4.69, 9.17) is 5.73 Å². The molecule has 4 heteroatoms. The normalized spacial score (nSPS) is 19.3. The molecule has 1 unspecified atom stereocenters. The Labute approximate surface area is 108 Å². The highest BCUT2D eigenvalue weighted by Crippen LogP contribution is 2.24. The number of nitrogens with zero attached hydrogens (tertiary/aromatic N) is 1. The Morgan fingerprint density at radius 1 is 1.50 bits per heavy atom. The molecule has 4 nitrogen and oxygen atoms in total. The summed E-state index contributed by atoms with van der Waals surface area (Å²) in [6.07, 6.45) is 1.10. The number of amides is 2. The molecule has 1 aromatic carbocycles. The van der Waals surface area contributed by atoms with E-state index in [-0.39, 0.29) is 6.03 Å². The Kier molecular flexibility index (Phi) is 3.75. The summed E-state index contributed by atoms with van der Waals surface area (Å²) in [5, 5.41) is 2.89. The zero-order chi connectivity index (χ0) is 13.1. The molecule has 0 aliphatic carbocycles. The fraction of sp³-hybridized carbons (Fsp3) is 0.500. The number of nitrogens with two attached hydrogens (primary N) is 1. The summed E-state index contributed by atoms with van der Waals surface area (Å²) < 4.78 is 0. The molecule has 1 aliphatic heterocycles. The van der Waals surface area contributed by atoms with E-state index in [9.17, 15) is 4.79 Å². The van der Waals surface area contributed by atoms with Gasteiger partial charge in [-0.15, -0.1) is 0 Å². The number of anilines is 2. The van der Waals surface area contributed by atoms with E-state index >= 15 is 0 Å². The number of urea groups is 1. The van der Waals surface area contributed by atoms with Crippen LogP contribution < -0.4 is 11.1 Å². The van der Waals surface area contributed by atoms with Gasteiger partial charge in [-0.05, 0) is 36.5 Å². The summed E-state index contributed by atoms with van der Waals surface area (Å²) in [4.78, 5) is 14.0. The zero-order valence-corrected chi connectivity index (χ0v) is 11.0. The topological polar surface area (TPSA) is 58.4 Å². The van der Waals surface area contributed by atoms with Crippen LogP contribution in [-0.4, -0.2) is 24.0 Å². The van der Waals surface area contributed by atoms with Crippen LogP contribution in [0.25, 0.3) is 0 Å². The minimum Gasteiger partial charge on any atom is -0.399 e. The van der Waals surface area contributed by atoms with Crippen molar-refractivity contribution in [2.24, 2.45) is 11.8 Å². The van der Waals surface area contributed by atoms with Crippen LogP contribution in [0.2, 0.25) is 0 Å². The number of carbonyl (C=O) groups is 1. The fourth-order valence-corrected chi connectivity index (χ4v) is 2.33. The van der Waals surface area contributed by atoms with Gasteiger partial charge >= 0.3 is 6.03 Å². The van der Waals surface area contributed by atoms with Crippen molar-refractivity contribution in [3.05, 3.63) is 24.3 Å². The van der Waals surface area contributed by atoms with Crippen LogP contribution >= 0.6 is 0 Å². The lowest BCUT2D eigenvalue weighted by Crippen LogP contribution is -2.33. The number of rotatable bonds is 2. The van der Waals surface area contributed by atoms with Crippen molar-refractivity contribution in [3.8, 4) is 0 Å². The van der Waals surface area contributed by atoms with Crippen LogP contribution in [0.15, 0.2) is 24.3 Å². The monoisotopic (exact) mass is 247 g/mol. The Balaban J connectivity index is 1.93. The van der Waals surface area contributed by atoms with Gasteiger partial charge in [0.1, 0.15) is 0 Å². The van der Waals surface area contributed by atoms with Crippen molar-refractivity contribution in [1.82, 2.24) is 4.90 Å². The molecule has 2 rings (SSSR count). The Bertz CT molecular complexity index is 431. The molecule has 98 valence electrons. The number of carbonyl (C=O) groups excluding carboxylic acids is 1.